The molecule has 0 unspecified atom stereocenters. The van der Waals surface area contributed by atoms with Crippen molar-refractivity contribution in [2.24, 2.45) is 0 Å². The molecule has 3 rings (SSSR count). The molecule has 0 spiro atoms. The van der Waals surface area contributed by atoms with Crippen molar-refractivity contribution in [2.75, 3.05) is 12.4 Å². The van der Waals surface area contributed by atoms with Crippen LogP contribution in [0.5, 0.6) is 11.5 Å². The van der Waals surface area contributed by atoms with E-state index >= 15 is 0 Å². The molecule has 0 aliphatic heterocycles. The minimum Gasteiger partial charge on any atom is -0.496 e. The van der Waals surface area contributed by atoms with Gasteiger partial charge in [-0.15, -0.1) is 0 Å². The Labute approximate surface area is 165 Å². The highest BCUT2D eigenvalue weighted by Gasteiger charge is 2.13. The van der Waals surface area contributed by atoms with Crippen LogP contribution >= 0.6 is 15.9 Å². The molecular formula is C21H17BrFNO3. The van der Waals surface area contributed by atoms with Gasteiger partial charge in [0, 0.05) is 15.6 Å². The van der Waals surface area contributed by atoms with Crippen LogP contribution in [0.3, 0.4) is 0 Å². The molecular weight excluding hydrogens is 413 g/mol. The lowest BCUT2D eigenvalue weighted by atomic mass is 10.1. The second-order valence-corrected chi connectivity index (χ2v) is 6.62. The van der Waals surface area contributed by atoms with Crippen molar-refractivity contribution in [2.45, 2.75) is 6.61 Å². The summed E-state index contributed by atoms with van der Waals surface area (Å²) in [5.41, 5.74) is 1.20. The largest absolute Gasteiger partial charge is 0.496 e. The van der Waals surface area contributed by atoms with E-state index in [1.54, 1.807) is 31.4 Å². The third-order valence-corrected chi connectivity index (χ3v) is 4.35. The molecule has 0 radical (unpaired) electrons. The summed E-state index contributed by atoms with van der Waals surface area (Å²) >= 11 is 3.19. The zero-order chi connectivity index (χ0) is 19.2. The minimum atomic E-state index is -0.515. The van der Waals surface area contributed by atoms with Gasteiger partial charge in [-0.3, -0.25) is 4.79 Å². The van der Waals surface area contributed by atoms with Gasteiger partial charge in [0.05, 0.1) is 12.8 Å². The molecule has 0 saturated heterocycles. The van der Waals surface area contributed by atoms with E-state index in [1.807, 2.05) is 30.3 Å². The Balaban J connectivity index is 1.78. The summed E-state index contributed by atoms with van der Waals surface area (Å²) in [7, 11) is 1.55. The number of carbonyl (C=O) groups is 1. The smallest absolute Gasteiger partial charge is 0.255 e. The SMILES string of the molecule is COc1ccc(C(=O)Nc2ccc(Br)cc2F)cc1COc1ccccc1. The van der Waals surface area contributed by atoms with Crippen LogP contribution in [0.2, 0.25) is 0 Å². The predicted octanol–water partition coefficient (Wildman–Crippen LogP) is 5.43. The van der Waals surface area contributed by atoms with Gasteiger partial charge in [-0.1, -0.05) is 34.1 Å². The van der Waals surface area contributed by atoms with Gasteiger partial charge in [0.15, 0.2) is 0 Å². The Kier molecular flexibility index (Phi) is 6.08. The van der Waals surface area contributed by atoms with E-state index in [-0.39, 0.29) is 12.3 Å². The number of benzene rings is 3. The molecule has 0 bridgehead atoms. The van der Waals surface area contributed by atoms with Crippen molar-refractivity contribution < 1.29 is 18.7 Å². The lowest BCUT2D eigenvalue weighted by Gasteiger charge is -2.13. The maximum Gasteiger partial charge on any atom is 0.255 e. The number of para-hydroxylation sites is 1. The van der Waals surface area contributed by atoms with E-state index in [2.05, 4.69) is 21.2 Å². The number of hydrogen-bond acceptors (Lipinski definition) is 3. The summed E-state index contributed by atoms with van der Waals surface area (Å²) in [6.07, 6.45) is 0. The molecule has 0 saturated carbocycles. The van der Waals surface area contributed by atoms with E-state index in [9.17, 15) is 9.18 Å². The highest BCUT2D eigenvalue weighted by molar-refractivity contribution is 9.10. The lowest BCUT2D eigenvalue weighted by Crippen LogP contribution is -2.14. The molecule has 4 nitrogen and oxygen atoms in total. The molecule has 27 heavy (non-hydrogen) atoms. The fourth-order valence-electron chi connectivity index (χ4n) is 2.50. The molecule has 0 fully saturated rings. The van der Waals surface area contributed by atoms with Crippen LogP contribution in [-0.2, 0) is 6.61 Å². The number of hydrogen-bond donors (Lipinski definition) is 1. The predicted molar refractivity (Wildman–Crippen MR) is 106 cm³/mol. The monoisotopic (exact) mass is 429 g/mol. The second kappa shape index (κ2) is 8.68. The number of carbonyl (C=O) groups excluding carboxylic acids is 1. The Morgan fingerprint density at radius 2 is 1.85 bits per heavy atom. The molecule has 3 aromatic carbocycles. The fraction of sp³-hybridized carbons (Fsp3) is 0.0952. The minimum absolute atomic E-state index is 0.112. The van der Waals surface area contributed by atoms with E-state index in [4.69, 9.17) is 9.47 Å². The van der Waals surface area contributed by atoms with Crippen LogP contribution in [-0.4, -0.2) is 13.0 Å². The van der Waals surface area contributed by atoms with Gasteiger partial charge in [0.2, 0.25) is 0 Å². The topological polar surface area (TPSA) is 47.6 Å². The van der Waals surface area contributed by atoms with Gasteiger partial charge in [0.1, 0.15) is 23.9 Å². The molecule has 0 heterocycles. The normalized spacial score (nSPS) is 10.3. The first-order valence-corrected chi connectivity index (χ1v) is 8.97. The molecule has 6 heteroatoms. The third kappa shape index (κ3) is 4.86. The highest BCUT2D eigenvalue weighted by atomic mass is 79.9. The van der Waals surface area contributed by atoms with Crippen molar-refractivity contribution in [1.29, 1.82) is 0 Å². The molecule has 1 amide bonds. The zero-order valence-corrected chi connectivity index (χ0v) is 16.1. The highest BCUT2D eigenvalue weighted by Crippen LogP contribution is 2.24. The Morgan fingerprint density at radius 3 is 2.56 bits per heavy atom. The van der Waals surface area contributed by atoms with Gasteiger partial charge >= 0.3 is 0 Å². The van der Waals surface area contributed by atoms with Crippen molar-refractivity contribution >= 4 is 27.5 Å². The average Bonchev–Trinajstić information content (AvgIpc) is 2.69. The molecule has 0 aliphatic carbocycles. The van der Waals surface area contributed by atoms with Crippen molar-refractivity contribution in [1.82, 2.24) is 0 Å². The summed E-state index contributed by atoms with van der Waals surface area (Å²) in [6.45, 7) is 0.237. The number of nitrogens with one attached hydrogen (secondary N) is 1. The van der Waals surface area contributed by atoms with Gasteiger partial charge in [0.25, 0.3) is 5.91 Å². The van der Waals surface area contributed by atoms with E-state index < -0.39 is 11.7 Å². The maximum atomic E-state index is 13.9. The first-order valence-electron chi connectivity index (χ1n) is 8.18. The van der Waals surface area contributed by atoms with Gasteiger partial charge < -0.3 is 14.8 Å². The third-order valence-electron chi connectivity index (χ3n) is 3.86. The molecule has 0 aromatic heterocycles. The number of halogens is 2. The number of anilines is 1. The first-order chi connectivity index (χ1) is 13.1. The zero-order valence-electron chi connectivity index (χ0n) is 14.5. The summed E-state index contributed by atoms with van der Waals surface area (Å²) in [6, 6.07) is 18.8. The van der Waals surface area contributed by atoms with Crippen LogP contribution in [0.1, 0.15) is 15.9 Å². The number of methoxy groups -OCH3 is 1. The van der Waals surface area contributed by atoms with Crippen molar-refractivity contribution in [3.63, 3.8) is 0 Å². The van der Waals surface area contributed by atoms with Crippen LogP contribution in [0.15, 0.2) is 71.2 Å². The van der Waals surface area contributed by atoms with Gasteiger partial charge in [-0.05, 0) is 48.5 Å². The lowest BCUT2D eigenvalue weighted by molar-refractivity contribution is 0.102. The molecule has 138 valence electrons. The van der Waals surface area contributed by atoms with Crippen LogP contribution in [0, 0.1) is 5.82 Å². The van der Waals surface area contributed by atoms with Gasteiger partial charge in [-0.25, -0.2) is 4.39 Å². The van der Waals surface area contributed by atoms with Crippen LogP contribution in [0.25, 0.3) is 0 Å². The standard InChI is InChI=1S/C21H17BrFNO3/c1-26-20-10-7-14(11-15(20)13-27-17-5-3-2-4-6-17)21(25)24-19-9-8-16(22)12-18(19)23/h2-12H,13H2,1H3,(H,24,25). The average molecular weight is 430 g/mol. The second-order valence-electron chi connectivity index (χ2n) is 5.71. The van der Waals surface area contributed by atoms with Crippen molar-refractivity contribution in [3.8, 4) is 11.5 Å². The van der Waals surface area contributed by atoms with Crippen molar-refractivity contribution in [3.05, 3.63) is 88.1 Å². The summed E-state index contributed by atoms with van der Waals surface area (Å²) in [5, 5.41) is 2.58. The van der Waals surface area contributed by atoms with E-state index in [0.717, 1.165) is 0 Å². The summed E-state index contributed by atoms with van der Waals surface area (Å²) in [4.78, 5) is 12.5. The van der Waals surface area contributed by atoms with Crippen LogP contribution in [0.4, 0.5) is 10.1 Å². The maximum absolute atomic E-state index is 13.9. The van der Waals surface area contributed by atoms with Crippen LogP contribution < -0.4 is 14.8 Å². The Bertz CT molecular complexity index is 947. The number of rotatable bonds is 6. The fourth-order valence-corrected chi connectivity index (χ4v) is 2.83. The molecule has 3 aromatic rings. The summed E-state index contributed by atoms with van der Waals surface area (Å²) in [5.74, 6) is 0.391. The van der Waals surface area contributed by atoms with E-state index in [0.29, 0.717) is 27.1 Å². The Hall–Kier alpha value is -2.86. The van der Waals surface area contributed by atoms with E-state index in [1.165, 1.54) is 12.1 Å². The molecule has 0 atom stereocenters. The number of amides is 1. The Morgan fingerprint density at radius 1 is 1.07 bits per heavy atom. The first kappa shape index (κ1) is 18.9. The quantitative estimate of drug-likeness (QED) is 0.568. The van der Waals surface area contributed by atoms with Gasteiger partial charge in [-0.2, -0.15) is 0 Å². The molecule has 1 N–H and O–H groups in total. The molecule has 0 aliphatic rings. The number of ether oxygens (including phenoxy) is 2. The summed E-state index contributed by atoms with van der Waals surface area (Å²) < 4.78 is 25.6.